The monoisotopic (exact) mass is 285 g/mol. The zero-order valence-corrected chi connectivity index (χ0v) is 11.8. The van der Waals surface area contributed by atoms with Crippen LogP contribution in [0.15, 0.2) is 36.7 Å². The molecule has 0 amide bonds. The van der Waals surface area contributed by atoms with Gasteiger partial charge in [-0.3, -0.25) is 10.00 Å². The predicted octanol–water partition coefficient (Wildman–Crippen LogP) is 2.49. The van der Waals surface area contributed by atoms with E-state index in [2.05, 4.69) is 15.1 Å². The molecule has 0 unspecified atom stereocenters. The van der Waals surface area contributed by atoms with Gasteiger partial charge in [0.25, 0.3) is 0 Å². The molecule has 1 aliphatic rings. The average Bonchev–Trinajstić information content (AvgIpc) is 3.03. The van der Waals surface area contributed by atoms with Crippen molar-refractivity contribution in [1.82, 2.24) is 15.1 Å². The van der Waals surface area contributed by atoms with Crippen LogP contribution in [-0.2, 0) is 6.54 Å². The summed E-state index contributed by atoms with van der Waals surface area (Å²) in [5, 5.41) is 15.8. The highest BCUT2D eigenvalue weighted by Gasteiger charge is 2.21. The number of carbonyl (C=O) groups is 1. The number of rotatable bonds is 4. The molecular formula is C16H19N3O2. The van der Waals surface area contributed by atoms with Crippen molar-refractivity contribution < 1.29 is 9.90 Å². The van der Waals surface area contributed by atoms with Gasteiger partial charge in [-0.15, -0.1) is 0 Å². The number of hydrogen-bond acceptors (Lipinski definition) is 3. The van der Waals surface area contributed by atoms with Crippen molar-refractivity contribution in [2.45, 2.75) is 25.3 Å². The normalized spacial score (nSPS) is 17.0. The van der Waals surface area contributed by atoms with Crippen LogP contribution in [0.3, 0.4) is 0 Å². The van der Waals surface area contributed by atoms with Crippen LogP contribution in [0.1, 0.15) is 40.2 Å². The highest BCUT2D eigenvalue weighted by molar-refractivity contribution is 5.87. The van der Waals surface area contributed by atoms with E-state index in [4.69, 9.17) is 5.11 Å². The second kappa shape index (κ2) is 6.10. The first-order valence-electron chi connectivity index (χ1n) is 7.25. The number of nitrogens with one attached hydrogen (secondary N) is 1. The summed E-state index contributed by atoms with van der Waals surface area (Å²) in [5.41, 5.74) is 2.82. The summed E-state index contributed by atoms with van der Waals surface area (Å²) >= 11 is 0. The van der Waals surface area contributed by atoms with E-state index in [0.29, 0.717) is 11.5 Å². The van der Waals surface area contributed by atoms with Crippen molar-refractivity contribution in [3.8, 4) is 0 Å². The zero-order valence-electron chi connectivity index (χ0n) is 11.8. The van der Waals surface area contributed by atoms with Gasteiger partial charge in [-0.05, 0) is 55.1 Å². The molecule has 2 aromatic rings. The molecule has 2 N–H and O–H groups in total. The third kappa shape index (κ3) is 3.31. The van der Waals surface area contributed by atoms with Gasteiger partial charge >= 0.3 is 5.97 Å². The molecule has 5 heteroatoms. The fourth-order valence-electron chi connectivity index (χ4n) is 2.92. The van der Waals surface area contributed by atoms with Crippen LogP contribution >= 0.6 is 0 Å². The van der Waals surface area contributed by atoms with Gasteiger partial charge in [0.15, 0.2) is 0 Å². The topological polar surface area (TPSA) is 69.2 Å². The van der Waals surface area contributed by atoms with Crippen molar-refractivity contribution in [1.29, 1.82) is 0 Å². The van der Waals surface area contributed by atoms with Gasteiger partial charge in [0.2, 0.25) is 0 Å². The van der Waals surface area contributed by atoms with Crippen LogP contribution in [-0.4, -0.2) is 39.3 Å². The van der Waals surface area contributed by atoms with E-state index in [1.54, 1.807) is 12.1 Å². The smallest absolute Gasteiger partial charge is 0.335 e. The molecule has 0 spiro atoms. The molecule has 0 aliphatic carbocycles. The van der Waals surface area contributed by atoms with E-state index < -0.39 is 5.97 Å². The van der Waals surface area contributed by atoms with Gasteiger partial charge in [0, 0.05) is 12.7 Å². The lowest BCUT2D eigenvalue weighted by atomic mass is 9.91. The van der Waals surface area contributed by atoms with E-state index in [1.165, 1.54) is 11.1 Å². The molecule has 2 heterocycles. The Balaban J connectivity index is 1.54. The van der Waals surface area contributed by atoms with E-state index in [-0.39, 0.29) is 0 Å². The molecule has 1 saturated heterocycles. The standard InChI is InChI=1S/C16H19N3O2/c20-16(21)14-3-1-12(2-4-14)11-19-7-5-13(6-8-19)15-9-17-18-10-15/h1-4,9-10,13H,5-8,11H2,(H,17,18)(H,20,21). The SMILES string of the molecule is O=C(O)c1ccc(CN2CCC(c3cn[nH]c3)CC2)cc1. The number of H-pyrrole nitrogens is 1. The summed E-state index contributed by atoms with van der Waals surface area (Å²) in [7, 11) is 0. The Labute approximate surface area is 123 Å². The molecule has 0 saturated carbocycles. The fraction of sp³-hybridized carbons (Fsp3) is 0.375. The average molecular weight is 285 g/mol. The van der Waals surface area contributed by atoms with Crippen LogP contribution in [0, 0.1) is 0 Å². The summed E-state index contributed by atoms with van der Waals surface area (Å²) < 4.78 is 0. The minimum absolute atomic E-state index is 0.345. The Morgan fingerprint density at radius 1 is 1.29 bits per heavy atom. The Hall–Kier alpha value is -2.14. The number of carboxylic acids is 1. The van der Waals surface area contributed by atoms with Crippen LogP contribution in [0.5, 0.6) is 0 Å². The second-order valence-electron chi connectivity index (χ2n) is 5.58. The molecule has 1 aliphatic heterocycles. The first-order chi connectivity index (χ1) is 10.2. The number of aromatic nitrogens is 2. The van der Waals surface area contributed by atoms with Crippen molar-refractivity contribution in [2.24, 2.45) is 0 Å². The first kappa shape index (κ1) is 13.8. The maximum atomic E-state index is 10.8. The van der Waals surface area contributed by atoms with Gasteiger partial charge in [-0.2, -0.15) is 5.10 Å². The molecule has 1 aromatic carbocycles. The molecule has 1 aromatic heterocycles. The highest BCUT2D eigenvalue weighted by Crippen LogP contribution is 2.27. The molecule has 0 bridgehead atoms. The lowest BCUT2D eigenvalue weighted by Gasteiger charge is -2.31. The maximum absolute atomic E-state index is 10.8. The lowest BCUT2D eigenvalue weighted by Crippen LogP contribution is -2.32. The third-order valence-electron chi connectivity index (χ3n) is 4.19. The second-order valence-corrected chi connectivity index (χ2v) is 5.58. The number of carboxylic acid groups (broad SMARTS) is 1. The van der Waals surface area contributed by atoms with Crippen LogP contribution < -0.4 is 0 Å². The van der Waals surface area contributed by atoms with Crippen LogP contribution in [0.4, 0.5) is 0 Å². The Morgan fingerprint density at radius 2 is 2.00 bits per heavy atom. The van der Waals surface area contributed by atoms with Crippen molar-refractivity contribution >= 4 is 5.97 Å². The summed E-state index contributed by atoms with van der Waals surface area (Å²) in [5.74, 6) is -0.267. The highest BCUT2D eigenvalue weighted by atomic mass is 16.4. The number of piperidine rings is 1. The van der Waals surface area contributed by atoms with Crippen molar-refractivity contribution in [3.05, 3.63) is 53.3 Å². The van der Waals surface area contributed by atoms with Crippen molar-refractivity contribution in [2.75, 3.05) is 13.1 Å². The predicted molar refractivity (Wildman–Crippen MR) is 79.2 cm³/mol. The minimum Gasteiger partial charge on any atom is -0.478 e. The van der Waals surface area contributed by atoms with E-state index >= 15 is 0 Å². The quantitative estimate of drug-likeness (QED) is 0.905. The summed E-state index contributed by atoms with van der Waals surface area (Å²) in [6.45, 7) is 3.02. The molecule has 1 fully saturated rings. The van der Waals surface area contributed by atoms with E-state index in [0.717, 1.165) is 32.5 Å². The van der Waals surface area contributed by atoms with Crippen LogP contribution in [0.25, 0.3) is 0 Å². The van der Waals surface area contributed by atoms with Crippen molar-refractivity contribution in [3.63, 3.8) is 0 Å². The number of likely N-dealkylation sites (tertiary alicyclic amines) is 1. The molecule has 110 valence electrons. The zero-order chi connectivity index (χ0) is 14.7. The largest absolute Gasteiger partial charge is 0.478 e. The number of aromatic amines is 1. The molecule has 3 rings (SSSR count). The maximum Gasteiger partial charge on any atom is 0.335 e. The lowest BCUT2D eigenvalue weighted by molar-refractivity contribution is 0.0697. The number of hydrogen-bond donors (Lipinski definition) is 2. The van der Waals surface area contributed by atoms with Gasteiger partial charge in [-0.25, -0.2) is 4.79 Å². The number of aromatic carboxylic acids is 1. The number of benzene rings is 1. The summed E-state index contributed by atoms with van der Waals surface area (Å²) in [6.07, 6.45) is 6.20. The molecule has 0 atom stereocenters. The Morgan fingerprint density at radius 3 is 2.57 bits per heavy atom. The van der Waals surface area contributed by atoms with Gasteiger partial charge in [-0.1, -0.05) is 12.1 Å². The van der Waals surface area contributed by atoms with Gasteiger partial charge < -0.3 is 5.11 Å². The summed E-state index contributed by atoms with van der Waals surface area (Å²) in [6, 6.07) is 7.17. The molecule has 0 radical (unpaired) electrons. The Kier molecular flexibility index (Phi) is 4.01. The first-order valence-corrected chi connectivity index (χ1v) is 7.25. The fourth-order valence-corrected chi connectivity index (χ4v) is 2.92. The molecule has 5 nitrogen and oxygen atoms in total. The van der Waals surface area contributed by atoms with Gasteiger partial charge in [0.1, 0.15) is 0 Å². The van der Waals surface area contributed by atoms with E-state index in [1.807, 2.05) is 24.5 Å². The molecular weight excluding hydrogens is 266 g/mol. The van der Waals surface area contributed by atoms with Gasteiger partial charge in [0.05, 0.1) is 11.8 Å². The van der Waals surface area contributed by atoms with Crippen LogP contribution in [0.2, 0.25) is 0 Å². The third-order valence-corrected chi connectivity index (χ3v) is 4.19. The minimum atomic E-state index is -0.873. The molecule has 21 heavy (non-hydrogen) atoms. The Bertz CT molecular complexity index is 584. The van der Waals surface area contributed by atoms with E-state index in [9.17, 15) is 4.79 Å². The number of nitrogens with zero attached hydrogens (tertiary/aromatic N) is 2. The summed E-state index contributed by atoms with van der Waals surface area (Å²) in [4.78, 5) is 13.3.